The Morgan fingerprint density at radius 3 is 2.83 bits per heavy atom. The van der Waals surface area contributed by atoms with E-state index >= 15 is 0 Å². The zero-order valence-electron chi connectivity index (χ0n) is 9.81. The van der Waals surface area contributed by atoms with Crippen molar-refractivity contribution < 1.29 is 8.42 Å². The molecule has 1 aromatic rings. The van der Waals surface area contributed by atoms with Gasteiger partial charge in [-0.3, -0.25) is 0 Å². The van der Waals surface area contributed by atoms with E-state index in [1.54, 1.807) is 6.07 Å². The fourth-order valence-electron chi connectivity index (χ4n) is 2.08. The van der Waals surface area contributed by atoms with E-state index in [-0.39, 0.29) is 12.0 Å². The Kier molecular flexibility index (Phi) is 4.11. The summed E-state index contributed by atoms with van der Waals surface area (Å²) in [6, 6.07) is 3.57. The lowest BCUT2D eigenvalue weighted by Gasteiger charge is -2.14. The first-order valence-electron chi connectivity index (χ1n) is 5.62. The van der Waals surface area contributed by atoms with Crippen LogP contribution in [0, 0.1) is 24.2 Å². The third-order valence-electron chi connectivity index (χ3n) is 3.09. The predicted octanol–water partition coefficient (Wildman–Crippen LogP) is 2.79. The van der Waals surface area contributed by atoms with Gasteiger partial charge in [0.25, 0.3) is 0 Å². The summed E-state index contributed by atoms with van der Waals surface area (Å²) in [5.74, 6) is -0.204. The van der Waals surface area contributed by atoms with Crippen molar-refractivity contribution in [2.75, 3.05) is 0 Å². The van der Waals surface area contributed by atoms with E-state index in [2.05, 4.69) is 26.7 Å². The molecule has 1 saturated carbocycles. The Bertz CT molecular complexity index is 569. The second-order valence-corrected chi connectivity index (χ2v) is 8.73. The minimum Gasteiger partial charge on any atom is -0.206 e. The molecule has 1 fully saturated rings. The van der Waals surface area contributed by atoms with Gasteiger partial charge in [-0.2, -0.15) is 5.26 Å². The molecule has 1 aliphatic rings. The average molecular weight is 349 g/mol. The van der Waals surface area contributed by atoms with Crippen molar-refractivity contribution in [1.82, 2.24) is 4.72 Å². The van der Waals surface area contributed by atoms with Crippen LogP contribution in [0.15, 0.2) is 14.1 Å². The summed E-state index contributed by atoms with van der Waals surface area (Å²) in [7, 11) is -3.50. The molecule has 18 heavy (non-hydrogen) atoms. The van der Waals surface area contributed by atoms with E-state index < -0.39 is 10.0 Å². The number of halogens is 1. The van der Waals surface area contributed by atoms with Crippen LogP contribution in [0.5, 0.6) is 0 Å². The van der Waals surface area contributed by atoms with Gasteiger partial charge in [0.1, 0.15) is 4.21 Å². The fraction of sp³-hybridized carbons (Fsp3) is 0.545. The Hall–Kier alpha value is -0.420. The molecule has 1 aromatic heterocycles. The van der Waals surface area contributed by atoms with E-state index in [0.29, 0.717) is 4.21 Å². The first-order valence-corrected chi connectivity index (χ1v) is 8.71. The lowest BCUT2D eigenvalue weighted by atomic mass is 10.1. The molecule has 0 aliphatic heterocycles. The minimum absolute atomic E-state index is 0.204. The van der Waals surface area contributed by atoms with Crippen molar-refractivity contribution in [2.45, 2.75) is 36.4 Å². The van der Waals surface area contributed by atoms with Gasteiger partial charge in [0.05, 0.1) is 15.8 Å². The quantitative estimate of drug-likeness (QED) is 0.912. The smallest absolute Gasteiger partial charge is 0.206 e. The summed E-state index contributed by atoms with van der Waals surface area (Å²) in [6.45, 7) is 1.85. The molecule has 1 N–H and O–H groups in total. The molecule has 0 bridgehead atoms. The Balaban J connectivity index is 2.20. The van der Waals surface area contributed by atoms with Crippen LogP contribution in [0.2, 0.25) is 0 Å². The first-order chi connectivity index (χ1) is 8.44. The SMILES string of the molecule is Cc1cc(S(=O)(=O)NC2CCCC2C#N)sc1Br. The number of rotatable bonds is 3. The second kappa shape index (κ2) is 5.29. The molecular weight excluding hydrogens is 336 g/mol. The summed E-state index contributed by atoms with van der Waals surface area (Å²) in [4.78, 5) is 0. The van der Waals surface area contributed by atoms with Crippen LogP contribution in [0.25, 0.3) is 0 Å². The maximum absolute atomic E-state index is 12.2. The zero-order valence-corrected chi connectivity index (χ0v) is 13.0. The summed E-state index contributed by atoms with van der Waals surface area (Å²) in [6.07, 6.45) is 2.42. The zero-order chi connectivity index (χ0) is 13.3. The number of hydrogen-bond donors (Lipinski definition) is 1. The largest absolute Gasteiger partial charge is 0.250 e. The van der Waals surface area contributed by atoms with E-state index in [0.717, 1.165) is 28.6 Å². The molecule has 1 aliphatic carbocycles. The van der Waals surface area contributed by atoms with Gasteiger partial charge in [0.15, 0.2) is 0 Å². The highest BCUT2D eigenvalue weighted by atomic mass is 79.9. The average Bonchev–Trinajstić information content (AvgIpc) is 2.86. The minimum atomic E-state index is -3.50. The molecular formula is C11H13BrN2O2S2. The molecule has 4 nitrogen and oxygen atoms in total. The Morgan fingerprint density at radius 1 is 1.56 bits per heavy atom. The van der Waals surface area contributed by atoms with Crippen molar-refractivity contribution in [2.24, 2.45) is 5.92 Å². The Morgan fingerprint density at radius 2 is 2.28 bits per heavy atom. The molecule has 0 saturated heterocycles. The molecule has 0 spiro atoms. The van der Waals surface area contributed by atoms with Crippen LogP contribution in [0.1, 0.15) is 24.8 Å². The molecule has 0 radical (unpaired) electrons. The lowest BCUT2D eigenvalue weighted by Crippen LogP contribution is -2.36. The second-order valence-electron chi connectivity index (χ2n) is 4.42. The summed E-state index contributed by atoms with van der Waals surface area (Å²) < 4.78 is 28.1. The van der Waals surface area contributed by atoms with Gasteiger partial charge >= 0.3 is 0 Å². The number of hydrogen-bond acceptors (Lipinski definition) is 4. The van der Waals surface area contributed by atoms with Gasteiger partial charge in [-0.1, -0.05) is 6.42 Å². The van der Waals surface area contributed by atoms with E-state index in [4.69, 9.17) is 5.26 Å². The molecule has 0 aromatic carbocycles. The summed E-state index contributed by atoms with van der Waals surface area (Å²) >= 11 is 4.52. The number of nitriles is 1. The van der Waals surface area contributed by atoms with Crippen molar-refractivity contribution >= 4 is 37.3 Å². The standard InChI is InChI=1S/C11H13BrN2O2S2/c1-7-5-10(17-11(7)12)18(15,16)14-9-4-2-3-8(9)6-13/h5,8-9,14H,2-4H2,1H3. The Labute approximate surface area is 119 Å². The first kappa shape index (κ1) is 14.0. The normalized spacial score (nSPS) is 24.1. The highest BCUT2D eigenvalue weighted by Gasteiger charge is 2.32. The third-order valence-corrected chi connectivity index (χ3v) is 7.19. The van der Waals surface area contributed by atoms with Crippen LogP contribution >= 0.6 is 27.3 Å². The number of aryl methyl sites for hydroxylation is 1. The van der Waals surface area contributed by atoms with Gasteiger partial charge in [-0.25, -0.2) is 13.1 Å². The van der Waals surface area contributed by atoms with E-state index in [1.807, 2.05) is 6.92 Å². The number of thiophene rings is 1. The molecule has 2 rings (SSSR count). The highest BCUT2D eigenvalue weighted by Crippen LogP contribution is 2.32. The molecule has 2 atom stereocenters. The maximum Gasteiger partial charge on any atom is 0.250 e. The van der Waals surface area contributed by atoms with Gasteiger partial charge in [0.2, 0.25) is 10.0 Å². The molecule has 0 amide bonds. The van der Waals surface area contributed by atoms with Gasteiger partial charge < -0.3 is 0 Å². The van der Waals surface area contributed by atoms with Crippen LogP contribution in [0.3, 0.4) is 0 Å². The highest BCUT2D eigenvalue weighted by molar-refractivity contribution is 9.11. The lowest BCUT2D eigenvalue weighted by molar-refractivity contribution is 0.516. The maximum atomic E-state index is 12.2. The number of sulfonamides is 1. The van der Waals surface area contributed by atoms with Gasteiger partial charge in [0, 0.05) is 6.04 Å². The van der Waals surface area contributed by atoms with E-state index in [9.17, 15) is 8.42 Å². The fourth-order valence-corrected chi connectivity index (χ4v) is 5.63. The summed E-state index contributed by atoms with van der Waals surface area (Å²) in [5, 5.41) is 8.96. The van der Waals surface area contributed by atoms with Crippen LogP contribution in [0.4, 0.5) is 0 Å². The third kappa shape index (κ3) is 2.77. The van der Waals surface area contributed by atoms with Gasteiger partial charge in [-0.05, 0) is 47.3 Å². The number of nitrogens with zero attached hydrogens (tertiary/aromatic N) is 1. The number of nitrogens with one attached hydrogen (secondary N) is 1. The summed E-state index contributed by atoms with van der Waals surface area (Å²) in [5.41, 5.74) is 0.906. The molecule has 7 heteroatoms. The van der Waals surface area contributed by atoms with Crippen LogP contribution < -0.4 is 4.72 Å². The predicted molar refractivity (Wildman–Crippen MR) is 73.8 cm³/mol. The molecule has 2 unspecified atom stereocenters. The molecule has 1 heterocycles. The van der Waals surface area contributed by atoms with E-state index in [1.165, 1.54) is 11.3 Å². The molecule has 98 valence electrons. The van der Waals surface area contributed by atoms with Crippen LogP contribution in [-0.2, 0) is 10.0 Å². The topological polar surface area (TPSA) is 70.0 Å². The van der Waals surface area contributed by atoms with Crippen LogP contribution in [-0.4, -0.2) is 14.5 Å². The van der Waals surface area contributed by atoms with Gasteiger partial charge in [-0.15, -0.1) is 11.3 Å². The monoisotopic (exact) mass is 348 g/mol. The van der Waals surface area contributed by atoms with Crippen molar-refractivity contribution in [1.29, 1.82) is 5.26 Å². The van der Waals surface area contributed by atoms with Crippen molar-refractivity contribution in [3.8, 4) is 6.07 Å². The van der Waals surface area contributed by atoms with Crippen molar-refractivity contribution in [3.63, 3.8) is 0 Å². The van der Waals surface area contributed by atoms with Crippen molar-refractivity contribution in [3.05, 3.63) is 15.4 Å².